The number of aliphatic hydroxyl groups is 2. The molecule has 29 heavy (non-hydrogen) atoms. The Bertz CT molecular complexity index is 503. The molecule has 2 fully saturated rings. The van der Waals surface area contributed by atoms with Crippen LogP contribution in [0.5, 0.6) is 0 Å². The molecule has 0 unspecified atom stereocenters. The zero-order valence-electron chi connectivity index (χ0n) is 18.0. The fourth-order valence-corrected chi connectivity index (χ4v) is 5.28. The zero-order valence-corrected chi connectivity index (χ0v) is 18.7. The van der Waals surface area contributed by atoms with E-state index in [1.165, 1.54) is 19.3 Å². The second-order valence-electron chi connectivity index (χ2n) is 8.95. The molecular weight excluding hydrogens is 392 g/mol. The number of hydrogen-bond acceptors (Lipinski definition) is 5. The summed E-state index contributed by atoms with van der Waals surface area (Å²) in [4.78, 5) is 11.4. The van der Waals surface area contributed by atoms with E-state index in [9.17, 15) is 15.0 Å². The summed E-state index contributed by atoms with van der Waals surface area (Å²) in [5.74, 6) is 0.395. The Labute approximate surface area is 180 Å². The average Bonchev–Trinajstić information content (AvgIpc) is 2.95. The topological polar surface area (TPSA) is 76.0 Å². The molecule has 2 aliphatic carbocycles. The number of halogens is 1. The van der Waals surface area contributed by atoms with E-state index in [1.807, 2.05) is 12.2 Å². The molecule has 6 heteroatoms. The van der Waals surface area contributed by atoms with Crippen LogP contribution in [0, 0.1) is 17.8 Å². The predicted octanol–water partition coefficient (Wildman–Crippen LogP) is 4.23. The molecule has 5 nitrogen and oxygen atoms in total. The van der Waals surface area contributed by atoms with Gasteiger partial charge in [-0.3, -0.25) is 0 Å². The van der Waals surface area contributed by atoms with Crippen LogP contribution in [0.3, 0.4) is 0 Å². The maximum atomic E-state index is 11.4. The molecule has 168 valence electrons. The molecule has 5 atom stereocenters. The number of rotatable bonds is 11. The lowest BCUT2D eigenvalue weighted by atomic mass is 9.81. The minimum Gasteiger partial charge on any atom is -0.461 e. The summed E-state index contributed by atoms with van der Waals surface area (Å²) in [5, 5.41) is 21.0. The van der Waals surface area contributed by atoms with Crippen molar-refractivity contribution in [2.45, 2.75) is 95.3 Å². The Morgan fingerprint density at radius 1 is 1.17 bits per heavy atom. The Balaban J connectivity index is 1.72. The SMILES string of the molecule is CC(C)OC(=O)COCC=CC[C@@H]1[C@@H](CC[C@@H](O)C2CCCCC2)[C@H](O)C[C@H]1Cl. The lowest BCUT2D eigenvalue weighted by Gasteiger charge is -2.29. The van der Waals surface area contributed by atoms with Gasteiger partial charge in [-0.2, -0.15) is 0 Å². The van der Waals surface area contributed by atoms with E-state index in [-0.39, 0.29) is 42.0 Å². The van der Waals surface area contributed by atoms with Gasteiger partial charge >= 0.3 is 5.97 Å². The molecule has 0 aliphatic heterocycles. The van der Waals surface area contributed by atoms with Crippen molar-refractivity contribution < 1.29 is 24.5 Å². The van der Waals surface area contributed by atoms with Crippen molar-refractivity contribution in [3.8, 4) is 0 Å². The van der Waals surface area contributed by atoms with Gasteiger partial charge in [-0.25, -0.2) is 4.79 Å². The monoisotopic (exact) mass is 430 g/mol. The Kier molecular flexibility index (Phi) is 11.0. The van der Waals surface area contributed by atoms with E-state index >= 15 is 0 Å². The van der Waals surface area contributed by atoms with Crippen molar-refractivity contribution in [3.63, 3.8) is 0 Å². The second-order valence-corrected chi connectivity index (χ2v) is 9.51. The molecule has 0 saturated heterocycles. The summed E-state index contributed by atoms with van der Waals surface area (Å²) < 4.78 is 10.3. The van der Waals surface area contributed by atoms with Crippen LogP contribution in [0.25, 0.3) is 0 Å². The fraction of sp³-hybridized carbons (Fsp3) is 0.870. The minimum atomic E-state index is -0.392. The molecule has 0 amide bonds. The van der Waals surface area contributed by atoms with Crippen LogP contribution in [0.15, 0.2) is 12.2 Å². The highest BCUT2D eigenvalue weighted by molar-refractivity contribution is 6.21. The highest BCUT2D eigenvalue weighted by atomic mass is 35.5. The second kappa shape index (κ2) is 12.9. The lowest BCUT2D eigenvalue weighted by molar-refractivity contribution is -0.152. The van der Waals surface area contributed by atoms with Gasteiger partial charge in [-0.1, -0.05) is 31.4 Å². The number of carbonyl (C=O) groups excluding carboxylic acids is 1. The van der Waals surface area contributed by atoms with Gasteiger partial charge in [0.05, 0.1) is 24.9 Å². The number of carbonyl (C=O) groups is 1. The van der Waals surface area contributed by atoms with Crippen LogP contribution in [0.2, 0.25) is 0 Å². The first-order valence-electron chi connectivity index (χ1n) is 11.3. The first-order chi connectivity index (χ1) is 13.9. The van der Waals surface area contributed by atoms with Gasteiger partial charge in [0.2, 0.25) is 0 Å². The van der Waals surface area contributed by atoms with Crippen LogP contribution in [0.1, 0.15) is 71.6 Å². The summed E-state index contributed by atoms with van der Waals surface area (Å²) in [6.07, 6.45) is 12.1. The van der Waals surface area contributed by atoms with Gasteiger partial charge in [0.15, 0.2) is 0 Å². The van der Waals surface area contributed by atoms with E-state index in [1.54, 1.807) is 13.8 Å². The summed E-state index contributed by atoms with van der Waals surface area (Å²) in [5.41, 5.74) is 0. The van der Waals surface area contributed by atoms with Gasteiger partial charge in [0.25, 0.3) is 0 Å². The van der Waals surface area contributed by atoms with Gasteiger partial charge < -0.3 is 19.7 Å². The van der Waals surface area contributed by atoms with Crippen LogP contribution in [-0.2, 0) is 14.3 Å². The van der Waals surface area contributed by atoms with Crippen molar-refractivity contribution >= 4 is 17.6 Å². The van der Waals surface area contributed by atoms with Crippen molar-refractivity contribution in [2.75, 3.05) is 13.2 Å². The lowest BCUT2D eigenvalue weighted by Crippen LogP contribution is -2.26. The predicted molar refractivity (Wildman–Crippen MR) is 115 cm³/mol. The van der Waals surface area contributed by atoms with E-state index in [2.05, 4.69) is 0 Å². The normalized spacial score (nSPS) is 29.6. The molecule has 2 saturated carbocycles. The summed E-state index contributed by atoms with van der Waals surface area (Å²) in [7, 11) is 0. The molecule has 0 aromatic carbocycles. The quantitative estimate of drug-likeness (QED) is 0.222. The smallest absolute Gasteiger partial charge is 0.332 e. The van der Waals surface area contributed by atoms with E-state index in [0.29, 0.717) is 18.9 Å². The van der Waals surface area contributed by atoms with Crippen molar-refractivity contribution in [3.05, 3.63) is 12.2 Å². The van der Waals surface area contributed by atoms with Crippen LogP contribution < -0.4 is 0 Å². The molecule has 0 aromatic rings. The Hall–Kier alpha value is -0.620. The number of allylic oxidation sites excluding steroid dienone is 1. The van der Waals surface area contributed by atoms with Crippen LogP contribution in [-0.4, -0.2) is 53.1 Å². The number of aliphatic hydroxyl groups excluding tert-OH is 2. The largest absolute Gasteiger partial charge is 0.461 e. The minimum absolute atomic E-state index is 0.0478. The summed E-state index contributed by atoms with van der Waals surface area (Å²) in [6, 6.07) is 0. The van der Waals surface area contributed by atoms with Crippen molar-refractivity contribution in [1.29, 1.82) is 0 Å². The molecule has 0 heterocycles. The third-order valence-corrected chi connectivity index (χ3v) is 6.84. The van der Waals surface area contributed by atoms with E-state index < -0.39 is 6.10 Å². The number of hydrogen-bond donors (Lipinski definition) is 2. The number of ether oxygens (including phenoxy) is 2. The molecule has 2 rings (SSSR count). The van der Waals surface area contributed by atoms with Gasteiger partial charge in [-0.15, -0.1) is 11.6 Å². The van der Waals surface area contributed by atoms with Crippen molar-refractivity contribution in [2.24, 2.45) is 17.8 Å². The first-order valence-corrected chi connectivity index (χ1v) is 11.7. The zero-order chi connectivity index (χ0) is 21.2. The third kappa shape index (κ3) is 8.56. The molecule has 0 aromatic heterocycles. The van der Waals surface area contributed by atoms with E-state index in [0.717, 1.165) is 32.1 Å². The van der Waals surface area contributed by atoms with Gasteiger partial charge in [-0.05, 0) is 70.1 Å². The molecule has 0 bridgehead atoms. The first kappa shape index (κ1) is 24.6. The maximum Gasteiger partial charge on any atom is 0.332 e. The highest BCUT2D eigenvalue weighted by Gasteiger charge is 2.40. The van der Waals surface area contributed by atoms with E-state index in [4.69, 9.17) is 21.1 Å². The molecule has 2 aliphatic rings. The average molecular weight is 431 g/mol. The molecule has 0 radical (unpaired) electrons. The molecular formula is C23H39ClO5. The molecule has 0 spiro atoms. The Morgan fingerprint density at radius 2 is 1.90 bits per heavy atom. The Morgan fingerprint density at radius 3 is 2.59 bits per heavy atom. The number of alkyl halides is 1. The highest BCUT2D eigenvalue weighted by Crippen LogP contribution is 2.42. The number of esters is 1. The van der Waals surface area contributed by atoms with Crippen molar-refractivity contribution in [1.82, 2.24) is 0 Å². The van der Waals surface area contributed by atoms with Crippen LogP contribution in [0.4, 0.5) is 0 Å². The molecule has 2 N–H and O–H groups in total. The summed E-state index contributed by atoms with van der Waals surface area (Å²) >= 11 is 6.51. The van der Waals surface area contributed by atoms with Crippen LogP contribution >= 0.6 is 11.6 Å². The summed E-state index contributed by atoms with van der Waals surface area (Å²) in [6.45, 7) is 3.91. The maximum absolute atomic E-state index is 11.4. The third-order valence-electron chi connectivity index (χ3n) is 6.34. The standard InChI is InChI=1S/C23H39ClO5/c1-16(2)29-23(27)15-28-13-7-6-10-18-19(22(26)14-20(18)24)11-12-21(25)17-8-4-3-5-9-17/h6-7,16-22,25-26H,3-5,8-15H2,1-2H3/t18-,19-,20-,21-,22-/m1/s1. The fourth-order valence-electron chi connectivity index (χ4n) is 4.81. The van der Waals surface area contributed by atoms with Gasteiger partial charge in [0.1, 0.15) is 6.61 Å². The van der Waals surface area contributed by atoms with Gasteiger partial charge in [0, 0.05) is 5.38 Å².